The van der Waals surface area contributed by atoms with Gasteiger partial charge in [0, 0.05) is 15.8 Å². The number of hydrogen-bond donors (Lipinski definition) is 2. The molecule has 1 amide bonds. The molecule has 0 fully saturated rings. The van der Waals surface area contributed by atoms with Gasteiger partial charge in [-0.25, -0.2) is 21.2 Å². The van der Waals surface area contributed by atoms with E-state index in [9.17, 15) is 26.0 Å². The first-order valence-electron chi connectivity index (χ1n) is 12.2. The van der Waals surface area contributed by atoms with Gasteiger partial charge < -0.3 is 10.1 Å². The first-order valence-corrected chi connectivity index (χ1v) is 15.9. The van der Waals surface area contributed by atoms with E-state index in [0.717, 1.165) is 33.0 Å². The molecule has 0 heterocycles. The van der Waals surface area contributed by atoms with Crippen LogP contribution in [0, 0.1) is 5.82 Å². The summed E-state index contributed by atoms with van der Waals surface area (Å²) >= 11 is 3.29. The second kappa shape index (κ2) is 12.7. The number of rotatable bonds is 11. The number of carbonyl (C=O) groups is 1. The third-order valence-electron chi connectivity index (χ3n) is 5.67. The summed E-state index contributed by atoms with van der Waals surface area (Å²) in [5, 5.41) is 2.59. The lowest BCUT2D eigenvalue weighted by molar-refractivity contribution is -0.114. The molecule has 41 heavy (non-hydrogen) atoms. The lowest BCUT2D eigenvalue weighted by Gasteiger charge is -2.24. The summed E-state index contributed by atoms with van der Waals surface area (Å²) in [4.78, 5) is 12.8. The third kappa shape index (κ3) is 7.63. The van der Waals surface area contributed by atoms with Gasteiger partial charge in [-0.15, -0.1) is 0 Å². The number of nitrogens with one attached hydrogen (secondary N) is 2. The highest BCUT2D eigenvalue weighted by Crippen LogP contribution is 2.27. The highest BCUT2D eigenvalue weighted by molar-refractivity contribution is 9.10. The number of anilines is 3. The Morgan fingerprint density at radius 3 is 1.95 bits per heavy atom. The second-order valence-electron chi connectivity index (χ2n) is 8.58. The number of ether oxygens (including phenoxy) is 1. The summed E-state index contributed by atoms with van der Waals surface area (Å²) in [6.07, 6.45) is 0. The maximum Gasteiger partial charge on any atom is 0.264 e. The van der Waals surface area contributed by atoms with Gasteiger partial charge in [-0.05, 0) is 104 Å². The number of benzene rings is 4. The van der Waals surface area contributed by atoms with Crippen LogP contribution >= 0.6 is 15.9 Å². The molecule has 0 aliphatic heterocycles. The monoisotopic (exact) mass is 661 g/mol. The maximum absolute atomic E-state index is 13.5. The molecule has 0 aliphatic carbocycles. The van der Waals surface area contributed by atoms with Crippen LogP contribution in [0.15, 0.2) is 111 Å². The van der Waals surface area contributed by atoms with E-state index in [0.29, 0.717) is 18.0 Å². The Bertz CT molecular complexity index is 1720. The van der Waals surface area contributed by atoms with Crippen LogP contribution in [-0.4, -0.2) is 35.9 Å². The van der Waals surface area contributed by atoms with E-state index in [1.807, 2.05) is 6.92 Å². The van der Waals surface area contributed by atoms with Gasteiger partial charge in [0.2, 0.25) is 5.91 Å². The van der Waals surface area contributed by atoms with Crippen molar-refractivity contribution in [2.45, 2.75) is 16.7 Å². The largest absolute Gasteiger partial charge is 0.494 e. The first kappa shape index (κ1) is 30.0. The number of nitrogens with zero attached hydrogens (tertiary/aromatic N) is 1. The van der Waals surface area contributed by atoms with E-state index in [2.05, 4.69) is 26.0 Å². The highest BCUT2D eigenvalue weighted by atomic mass is 79.9. The van der Waals surface area contributed by atoms with Gasteiger partial charge in [-0.1, -0.05) is 15.9 Å². The van der Waals surface area contributed by atoms with Crippen LogP contribution in [-0.2, 0) is 24.8 Å². The van der Waals surface area contributed by atoms with Crippen molar-refractivity contribution in [1.29, 1.82) is 0 Å². The quantitative estimate of drug-likeness (QED) is 0.215. The van der Waals surface area contributed by atoms with Crippen molar-refractivity contribution in [2.24, 2.45) is 0 Å². The van der Waals surface area contributed by atoms with E-state index in [4.69, 9.17) is 4.74 Å². The molecule has 0 aromatic heterocycles. The minimum Gasteiger partial charge on any atom is -0.494 e. The SMILES string of the molecule is CCOc1ccc(N(CC(=O)Nc2ccc(S(=O)(=O)Nc3ccc(Br)cc3)cc2)S(=O)(=O)c2ccc(F)cc2)cc1. The summed E-state index contributed by atoms with van der Waals surface area (Å²) in [5.41, 5.74) is 0.819. The molecule has 2 N–H and O–H groups in total. The number of sulfonamides is 2. The van der Waals surface area contributed by atoms with Crippen molar-refractivity contribution < 1.29 is 30.8 Å². The predicted molar refractivity (Wildman–Crippen MR) is 159 cm³/mol. The van der Waals surface area contributed by atoms with Crippen LogP contribution in [0.3, 0.4) is 0 Å². The fourth-order valence-corrected chi connectivity index (χ4v) is 6.45. The summed E-state index contributed by atoms with van der Waals surface area (Å²) < 4.78 is 75.5. The van der Waals surface area contributed by atoms with Crippen LogP contribution in [0.5, 0.6) is 5.75 Å². The Kier molecular flexibility index (Phi) is 9.31. The molecule has 4 aromatic carbocycles. The molecule has 0 unspecified atom stereocenters. The first-order chi connectivity index (χ1) is 19.5. The summed E-state index contributed by atoms with van der Waals surface area (Å²) in [7, 11) is -8.16. The van der Waals surface area contributed by atoms with Crippen LogP contribution < -0.4 is 19.1 Å². The minimum absolute atomic E-state index is 0.0340. The van der Waals surface area contributed by atoms with E-state index >= 15 is 0 Å². The zero-order valence-corrected chi connectivity index (χ0v) is 24.8. The molecule has 0 saturated heterocycles. The summed E-state index contributed by atoms with van der Waals surface area (Å²) in [6.45, 7) is 1.61. The van der Waals surface area contributed by atoms with E-state index in [1.165, 1.54) is 36.4 Å². The molecule has 13 heteroatoms. The zero-order chi connectivity index (χ0) is 29.6. The smallest absolute Gasteiger partial charge is 0.264 e. The lowest BCUT2D eigenvalue weighted by Crippen LogP contribution is -2.38. The molecule has 9 nitrogen and oxygen atoms in total. The average Bonchev–Trinajstić information content (AvgIpc) is 2.94. The lowest BCUT2D eigenvalue weighted by atomic mass is 10.3. The molecule has 4 rings (SSSR count). The van der Waals surface area contributed by atoms with Crippen LogP contribution in [0.2, 0.25) is 0 Å². The second-order valence-corrected chi connectivity index (χ2v) is 13.0. The summed E-state index contributed by atoms with van der Waals surface area (Å²) in [5.74, 6) is -0.774. The predicted octanol–water partition coefficient (Wildman–Crippen LogP) is 5.62. The number of halogens is 2. The maximum atomic E-state index is 13.5. The highest BCUT2D eigenvalue weighted by Gasteiger charge is 2.27. The topological polar surface area (TPSA) is 122 Å². The molecule has 214 valence electrons. The number of hydrogen-bond acceptors (Lipinski definition) is 6. The Labute approximate surface area is 246 Å². The normalized spacial score (nSPS) is 11.5. The van der Waals surface area contributed by atoms with Gasteiger partial charge in [0.05, 0.1) is 22.1 Å². The number of carbonyl (C=O) groups excluding carboxylic acids is 1. The fourth-order valence-electron chi connectivity index (χ4n) is 3.70. The zero-order valence-electron chi connectivity index (χ0n) is 21.6. The fraction of sp³-hybridized carbons (Fsp3) is 0.107. The molecule has 0 aliphatic rings. The molecule has 0 atom stereocenters. The van der Waals surface area contributed by atoms with Crippen LogP contribution in [0.25, 0.3) is 0 Å². The van der Waals surface area contributed by atoms with Crippen LogP contribution in [0.4, 0.5) is 21.5 Å². The van der Waals surface area contributed by atoms with Crippen molar-refractivity contribution >= 4 is 58.9 Å². The van der Waals surface area contributed by atoms with E-state index in [-0.39, 0.29) is 21.2 Å². The Morgan fingerprint density at radius 1 is 0.805 bits per heavy atom. The standard InChI is InChI=1S/C28H25BrFN3O6S2/c1-2-39-25-13-11-24(12-14-25)33(41(37,38)27-15-5-21(30)6-16-27)19-28(34)31-22-9-17-26(18-10-22)40(35,36)32-23-7-3-20(29)4-8-23/h3-18,32H,2,19H2,1H3,(H,31,34). The molecule has 0 radical (unpaired) electrons. The number of amides is 1. The Morgan fingerprint density at radius 2 is 1.37 bits per heavy atom. The van der Waals surface area contributed by atoms with E-state index in [1.54, 1.807) is 36.4 Å². The minimum atomic E-state index is -4.27. The van der Waals surface area contributed by atoms with Gasteiger partial charge in [-0.3, -0.25) is 13.8 Å². The van der Waals surface area contributed by atoms with Gasteiger partial charge in [0.1, 0.15) is 18.1 Å². The molecular weight excluding hydrogens is 637 g/mol. The van der Waals surface area contributed by atoms with Crippen molar-refractivity contribution in [1.82, 2.24) is 0 Å². The molecule has 0 spiro atoms. The van der Waals surface area contributed by atoms with Crippen LogP contribution in [0.1, 0.15) is 6.92 Å². The third-order valence-corrected chi connectivity index (χ3v) is 9.38. The molecule has 0 bridgehead atoms. The van der Waals surface area contributed by atoms with Crippen molar-refractivity contribution in [3.8, 4) is 5.75 Å². The average molecular weight is 663 g/mol. The molecule has 4 aromatic rings. The summed E-state index contributed by atoms with van der Waals surface area (Å²) in [6, 6.07) is 22.4. The Hall–Kier alpha value is -3.94. The molecule has 0 saturated carbocycles. The van der Waals surface area contributed by atoms with Crippen molar-refractivity contribution in [3.05, 3.63) is 107 Å². The Balaban J connectivity index is 1.53. The van der Waals surface area contributed by atoms with Crippen molar-refractivity contribution in [2.75, 3.05) is 27.5 Å². The molecular formula is C28H25BrFN3O6S2. The van der Waals surface area contributed by atoms with Crippen molar-refractivity contribution in [3.63, 3.8) is 0 Å². The van der Waals surface area contributed by atoms with Gasteiger partial charge in [0.25, 0.3) is 20.0 Å². The van der Waals surface area contributed by atoms with Gasteiger partial charge in [0.15, 0.2) is 0 Å². The van der Waals surface area contributed by atoms with Gasteiger partial charge >= 0.3 is 0 Å². The van der Waals surface area contributed by atoms with Gasteiger partial charge in [-0.2, -0.15) is 0 Å². The van der Waals surface area contributed by atoms with E-state index < -0.39 is 38.3 Å².